The first kappa shape index (κ1) is 20.9. The molecule has 0 aromatic heterocycles. The molecule has 0 atom stereocenters. The highest BCUT2D eigenvalue weighted by molar-refractivity contribution is 9.10. The van der Waals surface area contributed by atoms with Crippen molar-refractivity contribution in [3.8, 4) is 5.75 Å². The molecular formula is C20H24BrN3O3. The average molecular weight is 434 g/mol. The van der Waals surface area contributed by atoms with Crippen LogP contribution in [0.3, 0.4) is 0 Å². The number of hydrogen-bond acceptors (Lipinski definition) is 4. The number of anilines is 1. The molecule has 0 bridgehead atoms. The second-order valence-corrected chi connectivity index (χ2v) is 7.12. The van der Waals surface area contributed by atoms with E-state index in [1.54, 1.807) is 49.6 Å². The van der Waals surface area contributed by atoms with Gasteiger partial charge in [-0.3, -0.25) is 9.59 Å². The third-order valence-corrected chi connectivity index (χ3v) is 4.52. The zero-order chi connectivity index (χ0) is 19.8. The van der Waals surface area contributed by atoms with E-state index in [1.807, 2.05) is 14.1 Å². The van der Waals surface area contributed by atoms with Crippen molar-refractivity contribution in [3.05, 3.63) is 58.1 Å². The predicted octanol–water partition coefficient (Wildman–Crippen LogP) is 3.39. The number of hydrogen-bond donors (Lipinski definition) is 2. The van der Waals surface area contributed by atoms with Gasteiger partial charge in [0.05, 0.1) is 22.8 Å². The van der Waals surface area contributed by atoms with Gasteiger partial charge in [0.2, 0.25) is 0 Å². The van der Waals surface area contributed by atoms with E-state index in [1.165, 1.54) is 0 Å². The van der Waals surface area contributed by atoms with Crippen LogP contribution >= 0.6 is 15.9 Å². The van der Waals surface area contributed by atoms with Crippen LogP contribution in [-0.4, -0.2) is 51.0 Å². The molecule has 0 aliphatic heterocycles. The summed E-state index contributed by atoms with van der Waals surface area (Å²) in [5.74, 6) is 0.135. The van der Waals surface area contributed by atoms with Crippen molar-refractivity contribution in [2.24, 2.45) is 0 Å². The molecule has 0 aliphatic carbocycles. The fourth-order valence-electron chi connectivity index (χ4n) is 2.48. The monoisotopic (exact) mass is 433 g/mol. The first-order valence-electron chi connectivity index (χ1n) is 8.59. The van der Waals surface area contributed by atoms with Crippen molar-refractivity contribution in [2.45, 2.75) is 6.42 Å². The summed E-state index contributed by atoms with van der Waals surface area (Å²) in [6.07, 6.45) is 0.854. The van der Waals surface area contributed by atoms with Crippen LogP contribution in [0.1, 0.15) is 27.1 Å². The van der Waals surface area contributed by atoms with Crippen LogP contribution in [0.4, 0.5) is 5.69 Å². The zero-order valence-corrected chi connectivity index (χ0v) is 17.3. The van der Waals surface area contributed by atoms with Crippen LogP contribution in [0.25, 0.3) is 0 Å². The highest BCUT2D eigenvalue weighted by Crippen LogP contribution is 2.26. The summed E-state index contributed by atoms with van der Waals surface area (Å²) in [4.78, 5) is 27.1. The number of para-hydroxylation sites is 1. The fraction of sp³-hybridized carbons (Fsp3) is 0.300. The van der Waals surface area contributed by atoms with Crippen molar-refractivity contribution in [1.82, 2.24) is 10.2 Å². The molecule has 2 aromatic carbocycles. The standard InChI is InChI=1S/C20H24BrN3O3/c1-24(2)12-6-11-22-20(26)15-7-4-5-8-17(15)23-19(25)14-9-10-18(27-3)16(21)13-14/h4-5,7-10,13H,6,11-12H2,1-3H3,(H,22,26)(H,23,25). The minimum atomic E-state index is -0.300. The number of nitrogens with zero attached hydrogens (tertiary/aromatic N) is 1. The van der Waals surface area contributed by atoms with E-state index >= 15 is 0 Å². The Morgan fingerprint density at radius 3 is 2.52 bits per heavy atom. The van der Waals surface area contributed by atoms with Crippen LogP contribution < -0.4 is 15.4 Å². The molecule has 2 N–H and O–H groups in total. The van der Waals surface area contributed by atoms with Crippen molar-refractivity contribution in [2.75, 3.05) is 39.6 Å². The van der Waals surface area contributed by atoms with Gasteiger partial charge in [-0.25, -0.2) is 0 Å². The molecule has 0 saturated carbocycles. The van der Waals surface area contributed by atoms with E-state index in [4.69, 9.17) is 4.74 Å². The molecular weight excluding hydrogens is 410 g/mol. The molecule has 0 fully saturated rings. The van der Waals surface area contributed by atoms with Gasteiger partial charge in [0, 0.05) is 12.1 Å². The predicted molar refractivity (Wildman–Crippen MR) is 111 cm³/mol. The third kappa shape index (κ3) is 6.08. The highest BCUT2D eigenvalue weighted by Gasteiger charge is 2.14. The van der Waals surface area contributed by atoms with Crippen LogP contribution in [0.5, 0.6) is 5.75 Å². The second kappa shape index (κ2) is 10.1. The summed E-state index contributed by atoms with van der Waals surface area (Å²) in [6.45, 7) is 1.47. The smallest absolute Gasteiger partial charge is 0.255 e. The summed E-state index contributed by atoms with van der Waals surface area (Å²) in [5.41, 5.74) is 1.37. The molecule has 0 saturated heterocycles. The Hall–Kier alpha value is -2.38. The number of rotatable bonds is 8. The lowest BCUT2D eigenvalue weighted by molar-refractivity contribution is 0.0953. The van der Waals surface area contributed by atoms with E-state index in [0.717, 1.165) is 13.0 Å². The minimum Gasteiger partial charge on any atom is -0.496 e. The summed E-state index contributed by atoms with van der Waals surface area (Å²) >= 11 is 3.37. The van der Waals surface area contributed by atoms with Crippen LogP contribution in [0.15, 0.2) is 46.9 Å². The normalized spacial score (nSPS) is 10.6. The van der Waals surface area contributed by atoms with Crippen molar-refractivity contribution >= 4 is 33.4 Å². The molecule has 0 aliphatic rings. The van der Waals surface area contributed by atoms with Gasteiger partial charge < -0.3 is 20.3 Å². The van der Waals surface area contributed by atoms with E-state index in [9.17, 15) is 9.59 Å². The summed E-state index contributed by atoms with van der Waals surface area (Å²) < 4.78 is 5.86. The molecule has 0 radical (unpaired) electrons. The molecule has 2 rings (SSSR count). The van der Waals surface area contributed by atoms with E-state index in [0.29, 0.717) is 33.6 Å². The first-order chi connectivity index (χ1) is 12.9. The maximum atomic E-state index is 12.6. The Kier molecular flexibility index (Phi) is 7.82. The lowest BCUT2D eigenvalue weighted by atomic mass is 10.1. The van der Waals surface area contributed by atoms with Gasteiger partial charge in [-0.05, 0) is 73.3 Å². The van der Waals surface area contributed by atoms with Gasteiger partial charge in [0.15, 0.2) is 0 Å². The summed E-state index contributed by atoms with van der Waals surface area (Å²) in [7, 11) is 5.54. The van der Waals surface area contributed by atoms with Gasteiger partial charge in [-0.2, -0.15) is 0 Å². The van der Waals surface area contributed by atoms with E-state index < -0.39 is 0 Å². The Balaban J connectivity index is 2.07. The topological polar surface area (TPSA) is 70.7 Å². The minimum absolute atomic E-state index is 0.208. The highest BCUT2D eigenvalue weighted by atomic mass is 79.9. The van der Waals surface area contributed by atoms with Gasteiger partial charge in [0.1, 0.15) is 5.75 Å². The van der Waals surface area contributed by atoms with E-state index in [-0.39, 0.29) is 11.8 Å². The lowest BCUT2D eigenvalue weighted by Crippen LogP contribution is -2.28. The molecule has 27 heavy (non-hydrogen) atoms. The Morgan fingerprint density at radius 2 is 1.85 bits per heavy atom. The summed E-state index contributed by atoms with van der Waals surface area (Å²) in [5, 5.41) is 5.70. The van der Waals surface area contributed by atoms with E-state index in [2.05, 4.69) is 31.5 Å². The molecule has 2 aromatic rings. The van der Waals surface area contributed by atoms with Gasteiger partial charge in [-0.1, -0.05) is 12.1 Å². The molecule has 7 heteroatoms. The lowest BCUT2D eigenvalue weighted by Gasteiger charge is -2.13. The number of amides is 2. The largest absolute Gasteiger partial charge is 0.496 e. The first-order valence-corrected chi connectivity index (χ1v) is 9.38. The number of ether oxygens (including phenoxy) is 1. The van der Waals surface area contributed by atoms with Crippen LogP contribution in [0, 0.1) is 0 Å². The van der Waals surface area contributed by atoms with Crippen LogP contribution in [-0.2, 0) is 0 Å². The Labute approximate surface area is 168 Å². The quantitative estimate of drug-likeness (QED) is 0.625. The molecule has 2 amide bonds. The fourth-order valence-corrected chi connectivity index (χ4v) is 3.03. The molecule has 6 nitrogen and oxygen atoms in total. The number of benzene rings is 2. The van der Waals surface area contributed by atoms with Crippen molar-refractivity contribution < 1.29 is 14.3 Å². The third-order valence-electron chi connectivity index (χ3n) is 3.90. The molecule has 0 unspecified atom stereocenters. The molecule has 0 spiro atoms. The average Bonchev–Trinajstić information content (AvgIpc) is 2.65. The Bertz CT molecular complexity index is 809. The van der Waals surface area contributed by atoms with Gasteiger partial charge >= 0.3 is 0 Å². The Morgan fingerprint density at radius 1 is 1.11 bits per heavy atom. The number of carbonyl (C=O) groups excluding carboxylic acids is 2. The maximum absolute atomic E-state index is 12.6. The number of halogens is 1. The molecule has 144 valence electrons. The SMILES string of the molecule is COc1ccc(C(=O)Nc2ccccc2C(=O)NCCCN(C)C)cc1Br. The molecule has 0 heterocycles. The van der Waals surface area contributed by atoms with Crippen LogP contribution in [0.2, 0.25) is 0 Å². The number of carbonyl (C=O) groups is 2. The second-order valence-electron chi connectivity index (χ2n) is 6.26. The van der Waals surface area contributed by atoms with Gasteiger partial charge in [-0.15, -0.1) is 0 Å². The number of methoxy groups -OCH3 is 1. The maximum Gasteiger partial charge on any atom is 0.255 e. The van der Waals surface area contributed by atoms with Crippen molar-refractivity contribution in [3.63, 3.8) is 0 Å². The van der Waals surface area contributed by atoms with Gasteiger partial charge in [0.25, 0.3) is 11.8 Å². The number of nitrogens with one attached hydrogen (secondary N) is 2. The summed E-state index contributed by atoms with van der Waals surface area (Å²) in [6, 6.07) is 12.0. The van der Waals surface area contributed by atoms with Crippen molar-refractivity contribution in [1.29, 1.82) is 0 Å². The zero-order valence-electron chi connectivity index (χ0n) is 15.7.